The van der Waals surface area contributed by atoms with E-state index in [2.05, 4.69) is 4.74 Å². The molecule has 1 fully saturated rings. The quantitative estimate of drug-likeness (QED) is 0.759. The smallest absolute Gasteiger partial charge is 0.341 e. The van der Waals surface area contributed by atoms with Crippen molar-refractivity contribution in [2.75, 3.05) is 27.3 Å². The molecular formula is C15H18ClNO7S. The van der Waals surface area contributed by atoms with Crippen molar-refractivity contribution < 1.29 is 32.6 Å². The minimum absolute atomic E-state index is 0.0139. The molecule has 1 atom stereocenters. The number of carbonyl (C=O) groups excluding carboxylic acids is 1. The van der Waals surface area contributed by atoms with Gasteiger partial charge in [0.15, 0.2) is 5.75 Å². The first-order valence-corrected chi connectivity index (χ1v) is 9.08. The van der Waals surface area contributed by atoms with Crippen molar-refractivity contribution in [2.24, 2.45) is 5.41 Å². The second-order valence-corrected chi connectivity index (χ2v) is 8.27. The van der Waals surface area contributed by atoms with Crippen LogP contribution in [0.3, 0.4) is 0 Å². The molecule has 0 bridgehead atoms. The number of carboxylic acids is 1. The van der Waals surface area contributed by atoms with Gasteiger partial charge >= 0.3 is 11.9 Å². The average Bonchev–Trinajstić information content (AvgIpc) is 2.98. The fourth-order valence-electron chi connectivity index (χ4n) is 2.67. The number of hydrogen-bond donors (Lipinski definition) is 1. The average molecular weight is 392 g/mol. The summed E-state index contributed by atoms with van der Waals surface area (Å²) >= 11 is 5.96. The van der Waals surface area contributed by atoms with Gasteiger partial charge in [0, 0.05) is 18.1 Å². The lowest BCUT2D eigenvalue weighted by Gasteiger charge is -2.21. The van der Waals surface area contributed by atoms with Gasteiger partial charge in [0.1, 0.15) is 10.5 Å². The lowest BCUT2D eigenvalue weighted by Crippen LogP contribution is -2.35. The maximum Gasteiger partial charge on any atom is 0.341 e. The van der Waals surface area contributed by atoms with E-state index in [-0.39, 0.29) is 40.7 Å². The molecule has 1 aromatic rings. The van der Waals surface area contributed by atoms with Crippen LogP contribution >= 0.6 is 11.6 Å². The number of carbonyl (C=O) groups is 2. The molecule has 8 nitrogen and oxygen atoms in total. The number of aliphatic carboxylic acids is 1. The van der Waals surface area contributed by atoms with Crippen LogP contribution in [0.25, 0.3) is 0 Å². The third-order valence-electron chi connectivity index (χ3n) is 4.20. The molecule has 1 aromatic carbocycles. The fourth-order valence-corrected chi connectivity index (χ4v) is 4.72. The highest BCUT2D eigenvalue weighted by atomic mass is 35.5. The molecule has 1 aliphatic rings. The Hall–Kier alpha value is -1.84. The van der Waals surface area contributed by atoms with E-state index < -0.39 is 27.4 Å². The summed E-state index contributed by atoms with van der Waals surface area (Å²) in [5, 5.41) is 9.31. The van der Waals surface area contributed by atoms with E-state index in [1.807, 2.05) is 0 Å². The van der Waals surface area contributed by atoms with Crippen LogP contribution in [-0.4, -0.2) is 57.1 Å². The minimum Gasteiger partial charge on any atom is -0.494 e. The molecule has 1 aliphatic heterocycles. The van der Waals surface area contributed by atoms with Gasteiger partial charge in [-0.3, -0.25) is 4.79 Å². The topological polar surface area (TPSA) is 110 Å². The molecule has 1 unspecified atom stereocenters. The van der Waals surface area contributed by atoms with Crippen LogP contribution in [-0.2, 0) is 19.6 Å². The number of benzene rings is 1. The van der Waals surface area contributed by atoms with Crippen LogP contribution in [0.15, 0.2) is 17.0 Å². The molecule has 0 radical (unpaired) electrons. The van der Waals surface area contributed by atoms with Crippen molar-refractivity contribution in [1.82, 2.24) is 4.31 Å². The predicted molar refractivity (Wildman–Crippen MR) is 88.5 cm³/mol. The number of methoxy groups -OCH3 is 2. The Balaban J connectivity index is 2.55. The third kappa shape index (κ3) is 3.44. The van der Waals surface area contributed by atoms with Gasteiger partial charge in [-0.1, -0.05) is 11.6 Å². The zero-order valence-electron chi connectivity index (χ0n) is 13.9. The fraction of sp³-hybridized carbons (Fsp3) is 0.467. The van der Waals surface area contributed by atoms with Gasteiger partial charge in [-0.2, -0.15) is 4.31 Å². The summed E-state index contributed by atoms with van der Waals surface area (Å²) in [6, 6.07) is 2.41. The van der Waals surface area contributed by atoms with Crippen molar-refractivity contribution in [3.8, 4) is 5.75 Å². The number of halogens is 1. The van der Waals surface area contributed by atoms with Crippen molar-refractivity contribution in [1.29, 1.82) is 0 Å². The van der Waals surface area contributed by atoms with Crippen LogP contribution in [0.5, 0.6) is 5.75 Å². The number of hydrogen-bond acceptors (Lipinski definition) is 6. The molecular weight excluding hydrogens is 374 g/mol. The van der Waals surface area contributed by atoms with Gasteiger partial charge in [-0.25, -0.2) is 13.2 Å². The van der Waals surface area contributed by atoms with Crippen LogP contribution in [0.4, 0.5) is 0 Å². The normalized spacial score (nSPS) is 21.1. The Labute approximate surface area is 150 Å². The molecule has 0 aromatic heterocycles. The summed E-state index contributed by atoms with van der Waals surface area (Å²) in [5.41, 5.74) is -1.30. The van der Waals surface area contributed by atoms with Crippen LogP contribution in [0, 0.1) is 5.41 Å². The second-order valence-electron chi connectivity index (χ2n) is 5.93. The van der Waals surface area contributed by atoms with Gasteiger partial charge in [0.2, 0.25) is 10.0 Å². The summed E-state index contributed by atoms with van der Waals surface area (Å²) in [4.78, 5) is 22.9. The van der Waals surface area contributed by atoms with E-state index >= 15 is 0 Å². The van der Waals surface area contributed by atoms with Crippen LogP contribution < -0.4 is 4.74 Å². The maximum absolute atomic E-state index is 13.0. The first-order chi connectivity index (χ1) is 11.6. The zero-order valence-corrected chi connectivity index (χ0v) is 15.5. The van der Waals surface area contributed by atoms with Gasteiger partial charge in [-0.05, 0) is 25.5 Å². The zero-order chi connectivity index (χ0) is 19.0. The third-order valence-corrected chi connectivity index (χ3v) is 6.27. The molecule has 25 heavy (non-hydrogen) atoms. The van der Waals surface area contributed by atoms with Crippen molar-refractivity contribution in [3.63, 3.8) is 0 Å². The van der Waals surface area contributed by atoms with E-state index in [9.17, 15) is 23.1 Å². The van der Waals surface area contributed by atoms with E-state index in [0.717, 1.165) is 11.4 Å². The lowest BCUT2D eigenvalue weighted by atomic mass is 9.90. The SMILES string of the molecule is COC(=O)c1cc(Cl)cc(S(=O)(=O)N2CCC(C)(C(=O)O)C2)c1OC. The molecule has 2 rings (SSSR count). The van der Waals surface area contributed by atoms with Crippen molar-refractivity contribution in [2.45, 2.75) is 18.2 Å². The molecule has 10 heteroatoms. The standard InChI is InChI=1S/C15H18ClNO7S/c1-15(14(19)20)4-5-17(8-15)25(21,22)11-7-9(16)6-10(12(11)23-2)13(18)24-3/h6-7H,4-5,8H2,1-3H3,(H,19,20). The molecule has 1 N–H and O–H groups in total. The molecule has 0 spiro atoms. The molecule has 0 saturated carbocycles. The Morgan fingerprint density at radius 2 is 1.96 bits per heavy atom. The summed E-state index contributed by atoms with van der Waals surface area (Å²) < 4.78 is 36.8. The highest BCUT2D eigenvalue weighted by molar-refractivity contribution is 7.89. The van der Waals surface area contributed by atoms with Crippen LogP contribution in [0.2, 0.25) is 5.02 Å². The monoisotopic (exact) mass is 391 g/mol. The lowest BCUT2D eigenvalue weighted by molar-refractivity contribution is -0.146. The van der Waals surface area contributed by atoms with Gasteiger partial charge in [0.25, 0.3) is 0 Å². The van der Waals surface area contributed by atoms with Crippen molar-refractivity contribution in [3.05, 3.63) is 22.7 Å². The van der Waals surface area contributed by atoms with E-state index in [4.69, 9.17) is 16.3 Å². The van der Waals surface area contributed by atoms with E-state index in [0.29, 0.717) is 0 Å². The number of esters is 1. The Kier molecular flexibility index (Phi) is 5.31. The number of sulfonamides is 1. The largest absolute Gasteiger partial charge is 0.494 e. The van der Waals surface area contributed by atoms with Gasteiger partial charge in [-0.15, -0.1) is 0 Å². The Bertz CT molecular complexity index is 823. The van der Waals surface area contributed by atoms with E-state index in [1.165, 1.54) is 26.2 Å². The summed E-state index contributed by atoms with van der Waals surface area (Å²) in [7, 11) is -1.75. The second kappa shape index (κ2) is 6.81. The maximum atomic E-state index is 13.0. The van der Waals surface area contributed by atoms with Gasteiger partial charge < -0.3 is 14.6 Å². The van der Waals surface area contributed by atoms with Crippen LogP contribution in [0.1, 0.15) is 23.7 Å². The molecule has 0 amide bonds. The molecule has 1 heterocycles. The number of ether oxygens (including phenoxy) is 2. The first kappa shape index (κ1) is 19.5. The Morgan fingerprint density at radius 3 is 2.44 bits per heavy atom. The first-order valence-electron chi connectivity index (χ1n) is 7.26. The van der Waals surface area contributed by atoms with Crippen molar-refractivity contribution >= 4 is 33.6 Å². The van der Waals surface area contributed by atoms with Gasteiger partial charge in [0.05, 0.1) is 19.6 Å². The highest BCUT2D eigenvalue weighted by Crippen LogP contribution is 2.38. The summed E-state index contributed by atoms with van der Waals surface area (Å²) in [5.74, 6) is -2.06. The summed E-state index contributed by atoms with van der Waals surface area (Å²) in [6.07, 6.45) is 0.175. The summed E-state index contributed by atoms with van der Waals surface area (Å²) in [6.45, 7) is 1.34. The molecule has 0 aliphatic carbocycles. The number of nitrogens with zero attached hydrogens (tertiary/aromatic N) is 1. The minimum atomic E-state index is -4.12. The number of carboxylic acid groups (broad SMARTS) is 1. The predicted octanol–water partition coefficient (Wildman–Crippen LogP) is 1.62. The highest BCUT2D eigenvalue weighted by Gasteiger charge is 2.45. The molecule has 1 saturated heterocycles. The molecule has 138 valence electrons. The van der Waals surface area contributed by atoms with E-state index in [1.54, 1.807) is 0 Å². The Morgan fingerprint density at radius 1 is 1.32 bits per heavy atom. The number of rotatable bonds is 5.